The molecule has 1 rings (SSSR count). The Labute approximate surface area is 106 Å². The number of thiocarbonyl (C=S) groups is 2. The van der Waals surface area contributed by atoms with Crippen LogP contribution in [-0.2, 0) is 4.79 Å². The van der Waals surface area contributed by atoms with Gasteiger partial charge in [-0.1, -0.05) is 13.8 Å². The third-order valence-electron chi connectivity index (χ3n) is 2.87. The van der Waals surface area contributed by atoms with Gasteiger partial charge in [0.15, 0.2) is 5.78 Å². The fraction of sp³-hybridized carbons (Fsp3) is 0.727. The van der Waals surface area contributed by atoms with Gasteiger partial charge < -0.3 is 0 Å². The Morgan fingerprint density at radius 1 is 1.31 bits per heavy atom. The monoisotopic (exact) mass is 254 g/mol. The van der Waals surface area contributed by atoms with E-state index in [2.05, 4.69) is 44.7 Å². The first-order valence-corrected chi connectivity index (χ1v) is 5.85. The molecule has 0 spiro atoms. The molecule has 0 aromatic rings. The minimum Gasteiger partial charge on any atom is -0.297 e. The molecule has 0 amide bonds. The largest absolute Gasteiger partial charge is 0.297 e. The van der Waals surface area contributed by atoms with Crippen molar-refractivity contribution in [3.05, 3.63) is 0 Å². The van der Waals surface area contributed by atoms with Crippen LogP contribution in [0.5, 0.6) is 0 Å². The topological polar surface area (TPSA) is 41.8 Å². The van der Waals surface area contributed by atoms with E-state index in [-0.39, 0.29) is 11.2 Å². The smallest absolute Gasteiger partial charge is 0.161 e. The number of hydrogen-bond donors (Lipinski definition) is 0. The second-order valence-corrected chi connectivity index (χ2v) is 5.53. The highest BCUT2D eigenvalue weighted by molar-refractivity contribution is 7.78. The lowest BCUT2D eigenvalue weighted by Gasteiger charge is -2.41. The Morgan fingerprint density at radius 2 is 1.94 bits per heavy atom. The summed E-state index contributed by atoms with van der Waals surface area (Å²) in [6, 6.07) is -0.562. The predicted molar refractivity (Wildman–Crippen MR) is 70.3 cm³/mol. The molecule has 0 radical (unpaired) electrons. The number of ketones is 1. The highest BCUT2D eigenvalue weighted by atomic mass is 32.1. The molecule has 1 fully saturated rings. The van der Waals surface area contributed by atoms with Gasteiger partial charge in [-0.05, 0) is 43.2 Å². The third kappa shape index (κ3) is 2.69. The maximum Gasteiger partial charge on any atom is 0.161 e. The Kier molecular flexibility index (Phi) is 3.87. The average molecular weight is 254 g/mol. The van der Waals surface area contributed by atoms with E-state index in [1.54, 1.807) is 0 Å². The molecule has 5 heteroatoms. The minimum atomic E-state index is -0.633. The third-order valence-corrected chi connectivity index (χ3v) is 3.06. The Bertz CT molecular complexity index is 406. The van der Waals surface area contributed by atoms with Crippen molar-refractivity contribution in [3.8, 4) is 0 Å². The molecule has 0 saturated heterocycles. The number of Topliss-reactive ketones (excluding diaryl/α,β-unsaturated/α-hetero) is 1. The fourth-order valence-electron chi connectivity index (χ4n) is 2.51. The summed E-state index contributed by atoms with van der Waals surface area (Å²) in [6.45, 7) is 5.95. The predicted octanol–water partition coefficient (Wildman–Crippen LogP) is 2.71. The van der Waals surface area contributed by atoms with Gasteiger partial charge >= 0.3 is 0 Å². The number of carbonyl (C=O) groups excluding carboxylic acids is 1. The van der Waals surface area contributed by atoms with Crippen LogP contribution in [0.2, 0.25) is 0 Å². The summed E-state index contributed by atoms with van der Waals surface area (Å²) in [6.07, 6.45) is 1.22. The first-order valence-electron chi connectivity index (χ1n) is 5.03. The molecule has 0 aliphatic heterocycles. The highest BCUT2D eigenvalue weighted by Crippen LogP contribution is 2.42. The van der Waals surface area contributed by atoms with Gasteiger partial charge in [-0.15, -0.1) is 0 Å². The van der Waals surface area contributed by atoms with E-state index in [1.807, 2.05) is 20.8 Å². The summed E-state index contributed by atoms with van der Waals surface area (Å²) >= 11 is 9.21. The van der Waals surface area contributed by atoms with Gasteiger partial charge in [-0.25, -0.2) is 9.98 Å². The average Bonchev–Trinajstić information content (AvgIpc) is 2.10. The van der Waals surface area contributed by atoms with E-state index in [9.17, 15) is 4.79 Å². The zero-order valence-corrected chi connectivity index (χ0v) is 11.2. The lowest BCUT2D eigenvalue weighted by atomic mass is 9.66. The summed E-state index contributed by atoms with van der Waals surface area (Å²) < 4.78 is 0. The molecule has 1 aliphatic rings. The van der Waals surface area contributed by atoms with Gasteiger partial charge in [0.05, 0.1) is 15.9 Å². The molecule has 0 aromatic heterocycles. The van der Waals surface area contributed by atoms with Crippen LogP contribution < -0.4 is 0 Å². The van der Waals surface area contributed by atoms with Crippen molar-refractivity contribution >= 4 is 40.5 Å². The molecule has 2 atom stereocenters. The van der Waals surface area contributed by atoms with Crippen LogP contribution in [0.4, 0.5) is 0 Å². The second-order valence-electron chi connectivity index (χ2n) is 5.17. The van der Waals surface area contributed by atoms with E-state index in [4.69, 9.17) is 0 Å². The van der Waals surface area contributed by atoms with Gasteiger partial charge in [-0.3, -0.25) is 4.79 Å². The SMILES string of the molecule is CC1(C)CC(=O)C(N=C=S)C(C)(N=C=S)C1. The Morgan fingerprint density at radius 3 is 2.44 bits per heavy atom. The van der Waals surface area contributed by atoms with Crippen LogP contribution in [0.1, 0.15) is 33.6 Å². The first kappa shape index (κ1) is 13.3. The minimum absolute atomic E-state index is 0.0464. The molecule has 0 bridgehead atoms. The van der Waals surface area contributed by atoms with Gasteiger partial charge in [0.25, 0.3) is 0 Å². The van der Waals surface area contributed by atoms with Crippen molar-refractivity contribution in [2.75, 3.05) is 0 Å². The van der Waals surface area contributed by atoms with Crippen molar-refractivity contribution < 1.29 is 4.79 Å². The summed E-state index contributed by atoms with van der Waals surface area (Å²) in [7, 11) is 0. The van der Waals surface area contributed by atoms with Gasteiger partial charge in [-0.2, -0.15) is 0 Å². The van der Waals surface area contributed by atoms with Crippen LogP contribution >= 0.6 is 24.4 Å². The molecular formula is C11H14N2OS2. The normalized spacial score (nSPS) is 32.4. The lowest BCUT2D eigenvalue weighted by Crippen LogP contribution is -2.50. The molecule has 0 N–H and O–H groups in total. The molecule has 86 valence electrons. The van der Waals surface area contributed by atoms with Crippen LogP contribution in [-0.4, -0.2) is 27.7 Å². The van der Waals surface area contributed by atoms with E-state index in [0.29, 0.717) is 6.42 Å². The van der Waals surface area contributed by atoms with E-state index in [0.717, 1.165) is 6.42 Å². The van der Waals surface area contributed by atoms with Crippen LogP contribution in [0, 0.1) is 5.41 Å². The Hall–Kier alpha value is -0.730. The van der Waals surface area contributed by atoms with Gasteiger partial charge in [0, 0.05) is 6.42 Å². The number of nitrogens with zero attached hydrogens (tertiary/aromatic N) is 2. The maximum absolute atomic E-state index is 12.0. The summed E-state index contributed by atoms with van der Waals surface area (Å²) in [5, 5.41) is 4.63. The van der Waals surface area contributed by atoms with E-state index < -0.39 is 11.6 Å². The van der Waals surface area contributed by atoms with E-state index >= 15 is 0 Å². The molecular weight excluding hydrogens is 240 g/mol. The standard InChI is InChI=1S/C11H14N2OS2/c1-10(2)4-8(14)9(12-6-15)11(3,5-10)13-7-16/h9H,4-5H2,1-3H3. The molecule has 0 aromatic carbocycles. The number of aliphatic imine (C=N–C) groups is 2. The summed E-state index contributed by atoms with van der Waals surface area (Å²) in [4.78, 5) is 20.1. The number of rotatable bonds is 2. The molecule has 16 heavy (non-hydrogen) atoms. The molecule has 0 heterocycles. The molecule has 3 nitrogen and oxygen atoms in total. The maximum atomic E-state index is 12.0. The zero-order valence-electron chi connectivity index (χ0n) is 9.61. The van der Waals surface area contributed by atoms with Crippen molar-refractivity contribution in [1.82, 2.24) is 0 Å². The number of carbonyl (C=O) groups is 1. The lowest BCUT2D eigenvalue weighted by molar-refractivity contribution is -0.126. The van der Waals surface area contributed by atoms with Crippen LogP contribution in [0.3, 0.4) is 0 Å². The molecule has 1 aliphatic carbocycles. The van der Waals surface area contributed by atoms with Gasteiger partial charge in [0.1, 0.15) is 6.04 Å². The second kappa shape index (κ2) is 4.64. The first-order chi connectivity index (χ1) is 7.34. The molecule has 2 unspecified atom stereocenters. The highest BCUT2D eigenvalue weighted by Gasteiger charge is 2.48. The number of isothiocyanates is 2. The summed E-state index contributed by atoms with van der Waals surface area (Å²) in [5.41, 5.74) is -0.721. The van der Waals surface area contributed by atoms with Crippen molar-refractivity contribution in [3.63, 3.8) is 0 Å². The van der Waals surface area contributed by atoms with Gasteiger partial charge in [0.2, 0.25) is 0 Å². The molecule has 1 saturated carbocycles. The van der Waals surface area contributed by atoms with Crippen molar-refractivity contribution in [1.29, 1.82) is 0 Å². The van der Waals surface area contributed by atoms with Crippen molar-refractivity contribution in [2.24, 2.45) is 15.4 Å². The van der Waals surface area contributed by atoms with Crippen LogP contribution in [0.25, 0.3) is 0 Å². The fourth-order valence-corrected chi connectivity index (χ4v) is 2.83. The van der Waals surface area contributed by atoms with Crippen LogP contribution in [0.15, 0.2) is 9.98 Å². The summed E-state index contributed by atoms with van der Waals surface area (Å²) in [5.74, 6) is 0.0464. The zero-order chi connectivity index (χ0) is 12.4. The number of hydrogen-bond acceptors (Lipinski definition) is 5. The quantitative estimate of drug-likeness (QED) is 0.562. The Balaban J connectivity index is 3.21. The van der Waals surface area contributed by atoms with E-state index in [1.165, 1.54) is 0 Å². The van der Waals surface area contributed by atoms with Crippen molar-refractivity contribution in [2.45, 2.75) is 45.2 Å².